The molecule has 0 aliphatic heterocycles. The van der Waals surface area contributed by atoms with Crippen molar-refractivity contribution in [3.05, 3.63) is 22.4 Å². The van der Waals surface area contributed by atoms with Gasteiger partial charge in [-0.3, -0.25) is 9.59 Å². The van der Waals surface area contributed by atoms with Gasteiger partial charge in [-0.2, -0.15) is 11.3 Å². The molecule has 0 spiro atoms. The molecule has 2 fully saturated rings. The third-order valence-electron chi connectivity index (χ3n) is 5.42. The summed E-state index contributed by atoms with van der Waals surface area (Å²) in [4.78, 5) is 26.8. The van der Waals surface area contributed by atoms with Crippen molar-refractivity contribution in [2.75, 3.05) is 6.54 Å². The molecule has 1 heterocycles. The zero-order chi connectivity index (χ0) is 16.9. The predicted octanol–water partition coefficient (Wildman–Crippen LogP) is 3.83. The Morgan fingerprint density at radius 2 is 1.83 bits per heavy atom. The highest BCUT2D eigenvalue weighted by Gasteiger charge is 2.38. The van der Waals surface area contributed by atoms with Crippen LogP contribution in [0.3, 0.4) is 0 Å². The Morgan fingerprint density at radius 3 is 2.38 bits per heavy atom. The summed E-state index contributed by atoms with van der Waals surface area (Å²) in [6.07, 6.45) is 8.81. The highest BCUT2D eigenvalue weighted by atomic mass is 32.1. The normalized spacial score (nSPS) is 23.7. The number of carbonyl (C=O) groups is 2. The van der Waals surface area contributed by atoms with Crippen molar-refractivity contribution in [2.45, 2.75) is 70.4 Å². The molecule has 2 amide bonds. The molecular weight excluding hydrogens is 320 g/mol. The second-order valence-electron chi connectivity index (χ2n) is 7.13. The molecule has 1 aromatic heterocycles. The topological polar surface area (TPSA) is 49.4 Å². The first-order chi connectivity index (χ1) is 11.7. The van der Waals surface area contributed by atoms with E-state index in [1.165, 1.54) is 30.6 Å². The minimum atomic E-state index is -0.0783. The lowest BCUT2D eigenvalue weighted by Crippen LogP contribution is -2.44. The molecule has 24 heavy (non-hydrogen) atoms. The van der Waals surface area contributed by atoms with Crippen LogP contribution in [-0.2, 0) is 4.79 Å². The lowest BCUT2D eigenvalue weighted by molar-refractivity contribution is -0.135. The average molecular weight is 349 g/mol. The molecule has 0 bridgehead atoms. The molecule has 0 saturated heterocycles. The van der Waals surface area contributed by atoms with Crippen LogP contribution in [0.25, 0.3) is 0 Å². The molecule has 2 aliphatic rings. The fourth-order valence-electron chi connectivity index (χ4n) is 3.80. The van der Waals surface area contributed by atoms with Crippen LogP contribution >= 0.6 is 11.3 Å². The summed E-state index contributed by atoms with van der Waals surface area (Å²) in [5, 5.41) is 6.59. The standard InChI is InChI=1S/C19H28N2O2S/c1-2-14-3-5-16(6-4-14)21(17-7-8-17)18(22)9-11-20-19(23)15-10-12-24-13-15/h10,12-14,16-17H,2-9,11H2,1H3,(H,20,23). The molecule has 0 atom stereocenters. The van der Waals surface area contributed by atoms with Crippen molar-refractivity contribution in [1.29, 1.82) is 0 Å². The predicted molar refractivity (Wildman–Crippen MR) is 97.2 cm³/mol. The zero-order valence-electron chi connectivity index (χ0n) is 14.5. The van der Waals surface area contributed by atoms with Crippen LogP contribution in [0.4, 0.5) is 0 Å². The van der Waals surface area contributed by atoms with Crippen molar-refractivity contribution >= 4 is 23.2 Å². The summed E-state index contributed by atoms with van der Waals surface area (Å²) >= 11 is 1.51. The Hall–Kier alpha value is -1.36. The van der Waals surface area contributed by atoms with Gasteiger partial charge >= 0.3 is 0 Å². The van der Waals surface area contributed by atoms with Gasteiger partial charge in [0.25, 0.3) is 5.91 Å². The van der Waals surface area contributed by atoms with Crippen molar-refractivity contribution in [3.8, 4) is 0 Å². The zero-order valence-corrected chi connectivity index (χ0v) is 15.3. The van der Waals surface area contributed by atoms with E-state index in [4.69, 9.17) is 0 Å². The molecule has 132 valence electrons. The number of hydrogen-bond donors (Lipinski definition) is 1. The van der Waals surface area contributed by atoms with Gasteiger partial charge in [0.2, 0.25) is 5.91 Å². The van der Waals surface area contributed by atoms with Gasteiger partial charge in [-0.25, -0.2) is 0 Å². The smallest absolute Gasteiger partial charge is 0.252 e. The van der Waals surface area contributed by atoms with E-state index in [1.54, 1.807) is 0 Å². The van der Waals surface area contributed by atoms with Crippen LogP contribution in [0.5, 0.6) is 0 Å². The van der Waals surface area contributed by atoms with Crippen LogP contribution in [0.15, 0.2) is 16.8 Å². The molecule has 2 saturated carbocycles. The van der Waals surface area contributed by atoms with Crippen molar-refractivity contribution in [3.63, 3.8) is 0 Å². The molecule has 3 rings (SSSR count). The van der Waals surface area contributed by atoms with E-state index in [0.717, 1.165) is 31.6 Å². The Labute approximate surface area is 148 Å². The highest BCUT2D eigenvalue weighted by molar-refractivity contribution is 7.08. The number of nitrogens with zero attached hydrogens (tertiary/aromatic N) is 1. The van der Waals surface area contributed by atoms with Gasteiger partial charge < -0.3 is 10.2 Å². The molecule has 1 aromatic rings. The van der Waals surface area contributed by atoms with Crippen LogP contribution in [0.1, 0.15) is 68.6 Å². The van der Waals surface area contributed by atoms with Crippen LogP contribution < -0.4 is 5.32 Å². The maximum atomic E-state index is 12.7. The van der Waals surface area contributed by atoms with Crippen molar-refractivity contribution in [1.82, 2.24) is 10.2 Å². The summed E-state index contributed by atoms with van der Waals surface area (Å²) in [6.45, 7) is 2.70. The summed E-state index contributed by atoms with van der Waals surface area (Å²) < 4.78 is 0. The first-order valence-electron chi connectivity index (χ1n) is 9.30. The van der Waals surface area contributed by atoms with E-state index in [0.29, 0.717) is 30.6 Å². The number of thiophene rings is 1. The van der Waals surface area contributed by atoms with Gasteiger partial charge in [0, 0.05) is 36.0 Å². The van der Waals surface area contributed by atoms with Gasteiger partial charge in [0.1, 0.15) is 0 Å². The second kappa shape index (κ2) is 8.15. The average Bonchev–Trinajstić information content (AvgIpc) is 3.26. The van der Waals surface area contributed by atoms with E-state index in [-0.39, 0.29) is 11.8 Å². The molecule has 0 radical (unpaired) electrons. The number of nitrogens with one attached hydrogen (secondary N) is 1. The lowest BCUT2D eigenvalue weighted by Gasteiger charge is -2.37. The molecule has 5 heteroatoms. The lowest BCUT2D eigenvalue weighted by atomic mass is 9.83. The van der Waals surface area contributed by atoms with E-state index in [1.807, 2.05) is 16.8 Å². The first kappa shape index (κ1) is 17.5. The second-order valence-corrected chi connectivity index (χ2v) is 7.91. The number of amides is 2. The van der Waals surface area contributed by atoms with Crippen molar-refractivity contribution in [2.24, 2.45) is 5.92 Å². The maximum absolute atomic E-state index is 12.7. The first-order valence-corrected chi connectivity index (χ1v) is 10.2. The summed E-state index contributed by atoms with van der Waals surface area (Å²) in [5.74, 6) is 0.996. The third-order valence-corrected chi connectivity index (χ3v) is 6.11. The number of carbonyl (C=O) groups excluding carboxylic acids is 2. The fourth-order valence-corrected chi connectivity index (χ4v) is 4.43. The minimum absolute atomic E-state index is 0.0783. The molecule has 0 unspecified atom stereocenters. The quantitative estimate of drug-likeness (QED) is 0.814. The van der Waals surface area contributed by atoms with Crippen molar-refractivity contribution < 1.29 is 9.59 Å². The van der Waals surface area contributed by atoms with E-state index < -0.39 is 0 Å². The van der Waals surface area contributed by atoms with Gasteiger partial charge in [-0.15, -0.1) is 0 Å². The Balaban J connectivity index is 1.47. The van der Waals surface area contributed by atoms with Crippen LogP contribution in [0.2, 0.25) is 0 Å². The molecule has 2 aliphatic carbocycles. The fraction of sp³-hybridized carbons (Fsp3) is 0.684. The minimum Gasteiger partial charge on any atom is -0.351 e. The molecular formula is C19H28N2O2S. The largest absolute Gasteiger partial charge is 0.351 e. The maximum Gasteiger partial charge on any atom is 0.252 e. The van der Waals surface area contributed by atoms with Gasteiger partial charge in [0.05, 0.1) is 0 Å². The number of rotatable bonds is 7. The Bertz CT molecular complexity index is 546. The monoisotopic (exact) mass is 348 g/mol. The summed E-state index contributed by atoms with van der Waals surface area (Å²) in [7, 11) is 0. The van der Waals surface area contributed by atoms with E-state index in [9.17, 15) is 9.59 Å². The van der Waals surface area contributed by atoms with E-state index in [2.05, 4.69) is 17.1 Å². The van der Waals surface area contributed by atoms with E-state index >= 15 is 0 Å². The molecule has 4 nitrogen and oxygen atoms in total. The molecule has 0 aromatic carbocycles. The van der Waals surface area contributed by atoms with Gasteiger partial charge in [-0.05, 0) is 55.9 Å². The third kappa shape index (κ3) is 4.38. The Morgan fingerprint density at radius 1 is 1.17 bits per heavy atom. The number of hydrogen-bond acceptors (Lipinski definition) is 3. The highest BCUT2D eigenvalue weighted by Crippen LogP contribution is 2.36. The van der Waals surface area contributed by atoms with Crippen LogP contribution in [-0.4, -0.2) is 35.3 Å². The van der Waals surface area contributed by atoms with Gasteiger partial charge in [-0.1, -0.05) is 13.3 Å². The Kier molecular flexibility index (Phi) is 5.93. The molecule has 1 N–H and O–H groups in total. The summed E-state index contributed by atoms with van der Waals surface area (Å²) in [5.41, 5.74) is 0.685. The van der Waals surface area contributed by atoms with Crippen LogP contribution in [0, 0.1) is 5.92 Å². The van der Waals surface area contributed by atoms with Gasteiger partial charge in [0.15, 0.2) is 0 Å². The summed E-state index contributed by atoms with van der Waals surface area (Å²) in [6, 6.07) is 2.71. The SMILES string of the molecule is CCC1CCC(N(C(=O)CCNC(=O)c2ccsc2)C2CC2)CC1.